The van der Waals surface area contributed by atoms with Crippen LogP contribution in [-0.4, -0.2) is 11.1 Å². The van der Waals surface area contributed by atoms with Crippen molar-refractivity contribution in [2.24, 2.45) is 0 Å². The minimum absolute atomic E-state index is 0.0181. The maximum absolute atomic E-state index is 10.5. The van der Waals surface area contributed by atoms with Gasteiger partial charge in [0.05, 0.1) is 5.56 Å². The maximum Gasteiger partial charge on any atom is 0.335 e. The fraction of sp³-hybridized carbons (Fsp3) is 0.125. The highest BCUT2D eigenvalue weighted by Crippen LogP contribution is 2.12. The monoisotopic (exact) mass is 154 g/mol. The number of nitrogens with two attached hydrogens (primary N) is 1. The number of carboxylic acids is 1. The van der Waals surface area contributed by atoms with E-state index in [1.165, 1.54) is 12.1 Å². The first-order valence-electron chi connectivity index (χ1n) is 4.45. The van der Waals surface area contributed by atoms with E-state index in [1.54, 1.807) is 0 Å². The number of benzene rings is 1. The highest BCUT2D eigenvalue weighted by molar-refractivity contribution is 5.88. The molecule has 0 aromatic heterocycles. The lowest BCUT2D eigenvalue weighted by molar-refractivity contribution is 0.0697. The predicted octanol–water partition coefficient (Wildman–Crippen LogP) is 1.28. The number of nitrogen functional groups attached to an aromatic ring is 1. The van der Waals surface area contributed by atoms with Crippen molar-refractivity contribution in [3.63, 3.8) is 0 Å². The molecule has 3 nitrogen and oxygen atoms in total. The SMILES string of the molecule is [2H]C([2H])([2H])c1ccc(C(=O)O)cc1N. The lowest BCUT2D eigenvalue weighted by atomic mass is 10.1. The largest absolute Gasteiger partial charge is 0.478 e. The van der Waals surface area contributed by atoms with Crippen LogP contribution in [0.5, 0.6) is 0 Å². The van der Waals surface area contributed by atoms with E-state index in [2.05, 4.69) is 0 Å². The summed E-state index contributed by atoms with van der Waals surface area (Å²) in [5.41, 5.74) is 5.36. The first-order chi connectivity index (χ1) is 6.32. The van der Waals surface area contributed by atoms with E-state index in [-0.39, 0.29) is 16.8 Å². The average molecular weight is 154 g/mol. The molecule has 0 fully saturated rings. The second kappa shape index (κ2) is 2.62. The van der Waals surface area contributed by atoms with Gasteiger partial charge in [-0.25, -0.2) is 4.79 Å². The van der Waals surface area contributed by atoms with Crippen molar-refractivity contribution in [1.82, 2.24) is 0 Å². The molecule has 0 unspecified atom stereocenters. The molecule has 3 N–H and O–H groups in total. The first-order valence-corrected chi connectivity index (χ1v) is 2.95. The normalized spacial score (nSPS) is 14.7. The lowest BCUT2D eigenvalue weighted by Crippen LogP contribution is -1.98. The Labute approximate surface area is 68.7 Å². The molecule has 11 heavy (non-hydrogen) atoms. The highest BCUT2D eigenvalue weighted by Gasteiger charge is 2.02. The molecule has 0 atom stereocenters. The maximum atomic E-state index is 10.5. The fourth-order valence-corrected chi connectivity index (χ4v) is 0.696. The van der Waals surface area contributed by atoms with Crippen molar-refractivity contribution in [3.8, 4) is 0 Å². The van der Waals surface area contributed by atoms with Gasteiger partial charge in [-0.15, -0.1) is 0 Å². The van der Waals surface area contributed by atoms with Crippen molar-refractivity contribution >= 4 is 11.7 Å². The summed E-state index contributed by atoms with van der Waals surface area (Å²) in [5.74, 6) is -1.13. The van der Waals surface area contributed by atoms with E-state index in [1.807, 2.05) is 0 Å². The third-order valence-corrected chi connectivity index (χ3v) is 1.30. The molecule has 1 aromatic carbocycles. The fourth-order valence-electron chi connectivity index (χ4n) is 0.696. The zero-order valence-corrected chi connectivity index (χ0v) is 5.66. The Kier molecular flexibility index (Phi) is 1.04. The molecule has 0 radical (unpaired) electrons. The van der Waals surface area contributed by atoms with Gasteiger partial charge in [-0.1, -0.05) is 6.07 Å². The van der Waals surface area contributed by atoms with Gasteiger partial charge in [0.15, 0.2) is 0 Å². The Bertz CT molecular complexity index is 373. The molecule has 0 aliphatic heterocycles. The van der Waals surface area contributed by atoms with E-state index in [0.717, 1.165) is 6.07 Å². The quantitative estimate of drug-likeness (QED) is 0.599. The van der Waals surface area contributed by atoms with Crippen molar-refractivity contribution in [3.05, 3.63) is 29.3 Å². The average Bonchev–Trinajstić information content (AvgIpc) is 2.01. The van der Waals surface area contributed by atoms with Crippen LogP contribution in [0.15, 0.2) is 18.2 Å². The van der Waals surface area contributed by atoms with Crippen LogP contribution in [0.3, 0.4) is 0 Å². The smallest absolute Gasteiger partial charge is 0.335 e. The number of anilines is 1. The Morgan fingerprint density at radius 1 is 1.73 bits per heavy atom. The van der Waals surface area contributed by atoms with Gasteiger partial charge >= 0.3 is 5.97 Å². The van der Waals surface area contributed by atoms with Crippen molar-refractivity contribution in [2.75, 3.05) is 5.73 Å². The van der Waals surface area contributed by atoms with Gasteiger partial charge in [0, 0.05) is 9.80 Å². The molecule has 0 spiro atoms. The van der Waals surface area contributed by atoms with E-state index in [0.29, 0.717) is 0 Å². The van der Waals surface area contributed by atoms with E-state index in [4.69, 9.17) is 15.0 Å². The van der Waals surface area contributed by atoms with Crippen molar-refractivity contribution in [1.29, 1.82) is 0 Å². The highest BCUT2D eigenvalue weighted by atomic mass is 16.4. The summed E-state index contributed by atoms with van der Waals surface area (Å²) in [6.07, 6.45) is 0. The van der Waals surface area contributed by atoms with E-state index in [9.17, 15) is 4.79 Å². The molecular weight excluding hydrogens is 142 g/mol. The molecule has 0 aliphatic rings. The van der Waals surface area contributed by atoms with Crippen LogP contribution < -0.4 is 5.73 Å². The van der Waals surface area contributed by atoms with Crippen LogP contribution in [0.1, 0.15) is 20.0 Å². The molecule has 0 heterocycles. The summed E-state index contributed by atoms with van der Waals surface area (Å²) >= 11 is 0. The standard InChI is InChI=1S/C8H9NO2/c1-5-2-3-6(8(10)11)4-7(5)9/h2-4H,9H2,1H3,(H,10,11)/i1D3. The summed E-state index contributed by atoms with van der Waals surface area (Å²) in [6, 6.07) is 3.58. The first kappa shape index (κ1) is 4.38. The Morgan fingerprint density at radius 3 is 2.91 bits per heavy atom. The third kappa shape index (κ3) is 1.49. The van der Waals surface area contributed by atoms with Gasteiger partial charge < -0.3 is 10.8 Å². The van der Waals surface area contributed by atoms with Gasteiger partial charge in [0.1, 0.15) is 0 Å². The van der Waals surface area contributed by atoms with Gasteiger partial charge in [0.2, 0.25) is 0 Å². The number of aromatic carboxylic acids is 1. The van der Waals surface area contributed by atoms with Gasteiger partial charge in [0.25, 0.3) is 0 Å². The summed E-state index contributed by atoms with van der Waals surface area (Å²) in [5, 5.41) is 8.61. The summed E-state index contributed by atoms with van der Waals surface area (Å²) in [7, 11) is 0. The predicted molar refractivity (Wildman–Crippen MR) is 42.6 cm³/mol. The molecule has 0 bridgehead atoms. The van der Waals surface area contributed by atoms with Crippen LogP contribution in [0, 0.1) is 6.85 Å². The molecule has 0 saturated carbocycles. The Morgan fingerprint density at radius 2 is 2.45 bits per heavy atom. The molecule has 3 heteroatoms. The molecule has 0 aliphatic carbocycles. The number of carbonyl (C=O) groups is 1. The van der Waals surface area contributed by atoms with Crippen LogP contribution in [0.25, 0.3) is 0 Å². The molecular formula is C8H9NO2. The number of carboxylic acid groups (broad SMARTS) is 1. The van der Waals surface area contributed by atoms with Crippen LogP contribution in [0.2, 0.25) is 0 Å². The second-order valence-corrected chi connectivity index (χ2v) is 2.11. The van der Waals surface area contributed by atoms with Gasteiger partial charge in [-0.05, 0) is 24.5 Å². The molecule has 58 valence electrons. The third-order valence-electron chi connectivity index (χ3n) is 1.30. The lowest BCUT2D eigenvalue weighted by Gasteiger charge is -1.99. The topological polar surface area (TPSA) is 63.3 Å². The van der Waals surface area contributed by atoms with Gasteiger partial charge in [-0.3, -0.25) is 0 Å². The van der Waals surface area contributed by atoms with Crippen molar-refractivity contribution < 1.29 is 14.0 Å². The second-order valence-electron chi connectivity index (χ2n) is 2.11. The summed E-state index contributed by atoms with van der Waals surface area (Å²) in [6.45, 7) is -2.30. The van der Waals surface area contributed by atoms with Crippen LogP contribution in [0.4, 0.5) is 5.69 Å². The molecule has 0 amide bonds. The van der Waals surface area contributed by atoms with E-state index >= 15 is 0 Å². The summed E-state index contributed by atoms with van der Waals surface area (Å²) in [4.78, 5) is 10.5. The Hall–Kier alpha value is -1.51. The Balaban J connectivity index is 3.21. The minimum Gasteiger partial charge on any atom is -0.478 e. The molecule has 1 rings (SSSR count). The number of aryl methyl sites for hydroxylation is 1. The van der Waals surface area contributed by atoms with Crippen molar-refractivity contribution in [2.45, 2.75) is 6.85 Å². The molecule has 0 saturated heterocycles. The van der Waals surface area contributed by atoms with Crippen LogP contribution >= 0.6 is 0 Å². The van der Waals surface area contributed by atoms with Gasteiger partial charge in [-0.2, -0.15) is 0 Å². The molecule has 1 aromatic rings. The zero-order chi connectivity index (χ0) is 10.9. The summed E-state index contributed by atoms with van der Waals surface area (Å²) < 4.78 is 21.3. The zero-order valence-electron chi connectivity index (χ0n) is 8.66. The van der Waals surface area contributed by atoms with E-state index < -0.39 is 12.8 Å². The van der Waals surface area contributed by atoms with Crippen LogP contribution in [-0.2, 0) is 0 Å². The minimum atomic E-state index is -2.30. The number of hydrogen-bond donors (Lipinski definition) is 2. The number of rotatable bonds is 1. The number of hydrogen-bond acceptors (Lipinski definition) is 2.